The molecule has 0 radical (unpaired) electrons. The largest absolute Gasteiger partial charge is 0.494 e. The van der Waals surface area contributed by atoms with Crippen molar-refractivity contribution in [3.8, 4) is 5.75 Å². The molecule has 0 saturated heterocycles. The van der Waals surface area contributed by atoms with Gasteiger partial charge in [0.15, 0.2) is 11.6 Å². The summed E-state index contributed by atoms with van der Waals surface area (Å²) in [4.78, 5) is 0. The van der Waals surface area contributed by atoms with Gasteiger partial charge in [-0.3, -0.25) is 0 Å². The topological polar surface area (TPSA) is 21.3 Å². The van der Waals surface area contributed by atoms with E-state index in [0.717, 1.165) is 5.56 Å². The van der Waals surface area contributed by atoms with Gasteiger partial charge in [0.05, 0.1) is 7.11 Å². The van der Waals surface area contributed by atoms with Crippen molar-refractivity contribution in [2.75, 3.05) is 14.2 Å². The molecule has 0 amide bonds. The molecule has 0 saturated carbocycles. The third-order valence-corrected chi connectivity index (χ3v) is 3.29. The molecule has 2 nitrogen and oxygen atoms in total. The molecular formula is C14H22FNO. The highest BCUT2D eigenvalue weighted by Gasteiger charge is 2.21. The number of hydrogen-bond acceptors (Lipinski definition) is 2. The van der Waals surface area contributed by atoms with Crippen molar-refractivity contribution in [1.82, 2.24) is 5.32 Å². The lowest BCUT2D eigenvalue weighted by Gasteiger charge is -2.27. The van der Waals surface area contributed by atoms with Crippen LogP contribution in [0.15, 0.2) is 18.2 Å². The van der Waals surface area contributed by atoms with Gasteiger partial charge in [0, 0.05) is 6.04 Å². The second kappa shape index (κ2) is 6.01. The summed E-state index contributed by atoms with van der Waals surface area (Å²) in [5.41, 5.74) is 0.997. The molecule has 0 aliphatic heterocycles. The van der Waals surface area contributed by atoms with Gasteiger partial charge in [-0.1, -0.05) is 26.8 Å². The van der Waals surface area contributed by atoms with E-state index in [1.807, 2.05) is 13.1 Å². The molecule has 17 heavy (non-hydrogen) atoms. The van der Waals surface area contributed by atoms with Gasteiger partial charge in [-0.2, -0.15) is 0 Å². The number of methoxy groups -OCH3 is 1. The van der Waals surface area contributed by atoms with Crippen LogP contribution in [0.25, 0.3) is 0 Å². The molecule has 0 bridgehead atoms. The Morgan fingerprint density at radius 2 is 1.88 bits per heavy atom. The second-order valence-corrected chi connectivity index (χ2v) is 4.74. The van der Waals surface area contributed by atoms with Gasteiger partial charge >= 0.3 is 0 Å². The van der Waals surface area contributed by atoms with Crippen LogP contribution in [0.4, 0.5) is 4.39 Å². The van der Waals surface area contributed by atoms with E-state index in [4.69, 9.17) is 4.74 Å². The SMILES string of the molecule is CNC(C(C)C)C(C)c1ccc(OC)c(F)c1. The number of likely N-dealkylation sites (N-methyl/N-ethyl adjacent to an activating group) is 1. The summed E-state index contributed by atoms with van der Waals surface area (Å²) in [5.74, 6) is 0.766. The Bertz CT molecular complexity index is 365. The molecule has 1 aromatic carbocycles. The lowest BCUT2D eigenvalue weighted by atomic mass is 9.86. The fraction of sp³-hybridized carbons (Fsp3) is 0.571. The highest BCUT2D eigenvalue weighted by Crippen LogP contribution is 2.27. The molecule has 0 aliphatic rings. The van der Waals surface area contributed by atoms with Crippen LogP contribution in [-0.4, -0.2) is 20.2 Å². The van der Waals surface area contributed by atoms with Crippen LogP contribution in [-0.2, 0) is 0 Å². The average Bonchev–Trinajstić information content (AvgIpc) is 2.29. The fourth-order valence-electron chi connectivity index (χ4n) is 2.33. The van der Waals surface area contributed by atoms with Crippen LogP contribution in [0.3, 0.4) is 0 Å². The summed E-state index contributed by atoms with van der Waals surface area (Å²) in [6.45, 7) is 6.44. The van der Waals surface area contributed by atoms with E-state index in [-0.39, 0.29) is 11.7 Å². The third kappa shape index (κ3) is 3.19. The number of nitrogens with one attached hydrogen (secondary N) is 1. The first kappa shape index (κ1) is 14.0. The van der Waals surface area contributed by atoms with Gasteiger partial charge in [-0.15, -0.1) is 0 Å². The number of halogens is 1. The smallest absolute Gasteiger partial charge is 0.165 e. The Labute approximate surface area is 103 Å². The molecule has 2 atom stereocenters. The minimum atomic E-state index is -0.296. The molecule has 3 heteroatoms. The third-order valence-electron chi connectivity index (χ3n) is 3.29. The summed E-state index contributed by atoms with van der Waals surface area (Å²) in [6.07, 6.45) is 0. The Morgan fingerprint density at radius 3 is 2.29 bits per heavy atom. The van der Waals surface area contributed by atoms with Crippen LogP contribution >= 0.6 is 0 Å². The van der Waals surface area contributed by atoms with Gasteiger partial charge in [-0.05, 0) is 36.6 Å². The number of ether oxygens (including phenoxy) is 1. The minimum Gasteiger partial charge on any atom is -0.494 e. The van der Waals surface area contributed by atoms with Crippen LogP contribution in [0.5, 0.6) is 5.75 Å². The molecule has 2 unspecified atom stereocenters. The van der Waals surface area contributed by atoms with E-state index < -0.39 is 0 Å². The first-order chi connectivity index (χ1) is 8.01. The van der Waals surface area contributed by atoms with Crippen molar-refractivity contribution in [1.29, 1.82) is 0 Å². The van der Waals surface area contributed by atoms with E-state index in [0.29, 0.717) is 17.7 Å². The lowest BCUT2D eigenvalue weighted by molar-refractivity contribution is 0.370. The first-order valence-corrected chi connectivity index (χ1v) is 6.02. The zero-order valence-corrected chi connectivity index (χ0v) is 11.3. The van der Waals surface area contributed by atoms with Crippen molar-refractivity contribution in [2.24, 2.45) is 5.92 Å². The highest BCUT2D eigenvalue weighted by atomic mass is 19.1. The van der Waals surface area contributed by atoms with Crippen molar-refractivity contribution in [2.45, 2.75) is 32.7 Å². The Hall–Kier alpha value is -1.09. The molecule has 0 fully saturated rings. The minimum absolute atomic E-state index is 0.264. The van der Waals surface area contributed by atoms with Gasteiger partial charge in [0.25, 0.3) is 0 Å². The molecular weight excluding hydrogens is 217 g/mol. The van der Waals surface area contributed by atoms with E-state index in [1.165, 1.54) is 7.11 Å². The highest BCUT2D eigenvalue weighted by molar-refractivity contribution is 5.31. The Kier molecular flexibility index (Phi) is 4.94. The summed E-state index contributed by atoms with van der Waals surface area (Å²) in [7, 11) is 3.42. The molecule has 0 heterocycles. The summed E-state index contributed by atoms with van der Waals surface area (Å²) >= 11 is 0. The standard InChI is InChI=1S/C14H22FNO/c1-9(2)14(16-4)10(3)11-6-7-13(17-5)12(15)8-11/h6-10,14,16H,1-5H3. The summed E-state index contributed by atoms with van der Waals surface area (Å²) < 4.78 is 18.6. The Balaban J connectivity index is 2.95. The van der Waals surface area contributed by atoms with Crippen LogP contribution in [0.1, 0.15) is 32.3 Å². The number of hydrogen-bond donors (Lipinski definition) is 1. The quantitative estimate of drug-likeness (QED) is 0.852. The van der Waals surface area contributed by atoms with Gasteiger partial charge in [-0.25, -0.2) is 4.39 Å². The van der Waals surface area contributed by atoms with Gasteiger partial charge in [0.1, 0.15) is 0 Å². The Morgan fingerprint density at radius 1 is 1.24 bits per heavy atom. The number of benzene rings is 1. The molecule has 1 N–H and O–H groups in total. The van der Waals surface area contributed by atoms with Crippen molar-refractivity contribution in [3.63, 3.8) is 0 Å². The summed E-state index contributed by atoms with van der Waals surface area (Å²) in [5, 5.41) is 3.29. The molecule has 96 valence electrons. The second-order valence-electron chi connectivity index (χ2n) is 4.74. The molecule has 1 rings (SSSR count). The van der Waals surface area contributed by atoms with Crippen LogP contribution < -0.4 is 10.1 Å². The van der Waals surface area contributed by atoms with E-state index in [1.54, 1.807) is 12.1 Å². The average molecular weight is 239 g/mol. The predicted molar refractivity (Wildman–Crippen MR) is 69.1 cm³/mol. The van der Waals surface area contributed by atoms with Crippen molar-refractivity contribution in [3.05, 3.63) is 29.6 Å². The zero-order valence-electron chi connectivity index (χ0n) is 11.3. The van der Waals surface area contributed by atoms with Crippen LogP contribution in [0, 0.1) is 11.7 Å². The van der Waals surface area contributed by atoms with Crippen LogP contribution in [0.2, 0.25) is 0 Å². The lowest BCUT2D eigenvalue weighted by Crippen LogP contribution is -2.35. The molecule has 0 aliphatic carbocycles. The first-order valence-electron chi connectivity index (χ1n) is 6.02. The predicted octanol–water partition coefficient (Wildman–Crippen LogP) is 3.18. The zero-order chi connectivity index (χ0) is 13.0. The van der Waals surface area contributed by atoms with Crippen molar-refractivity contribution >= 4 is 0 Å². The normalized spacial score (nSPS) is 14.8. The van der Waals surface area contributed by atoms with Gasteiger partial charge in [0.2, 0.25) is 0 Å². The molecule has 0 spiro atoms. The summed E-state index contributed by atoms with van der Waals surface area (Å²) in [6, 6.07) is 5.52. The molecule has 0 aromatic heterocycles. The number of rotatable bonds is 5. The molecule has 1 aromatic rings. The maximum atomic E-state index is 13.6. The monoisotopic (exact) mass is 239 g/mol. The van der Waals surface area contributed by atoms with E-state index in [2.05, 4.69) is 26.1 Å². The van der Waals surface area contributed by atoms with Crippen molar-refractivity contribution < 1.29 is 9.13 Å². The maximum absolute atomic E-state index is 13.6. The van der Waals surface area contributed by atoms with E-state index >= 15 is 0 Å². The van der Waals surface area contributed by atoms with E-state index in [9.17, 15) is 4.39 Å². The fourth-order valence-corrected chi connectivity index (χ4v) is 2.33. The maximum Gasteiger partial charge on any atom is 0.165 e. The van der Waals surface area contributed by atoms with Gasteiger partial charge < -0.3 is 10.1 Å².